The van der Waals surface area contributed by atoms with E-state index >= 15 is 0 Å². The van der Waals surface area contributed by atoms with Gasteiger partial charge in [0.2, 0.25) is 0 Å². The summed E-state index contributed by atoms with van der Waals surface area (Å²) in [6.07, 6.45) is 1.68. The van der Waals surface area contributed by atoms with E-state index in [0.29, 0.717) is 0 Å². The van der Waals surface area contributed by atoms with Gasteiger partial charge in [-0.05, 0) is 51.3 Å². The largest absolute Gasteiger partial charge is 0.444 e. The minimum absolute atomic E-state index is 0.0964. The summed E-state index contributed by atoms with van der Waals surface area (Å²) in [4.78, 5) is 14.0. The van der Waals surface area contributed by atoms with E-state index in [9.17, 15) is 4.79 Å². The van der Waals surface area contributed by atoms with Crippen LogP contribution < -0.4 is 0 Å². The quantitative estimate of drug-likeness (QED) is 0.607. The molecule has 0 saturated carbocycles. The summed E-state index contributed by atoms with van der Waals surface area (Å²) >= 11 is 7.17. The first-order chi connectivity index (χ1) is 10.3. The molecule has 0 bridgehead atoms. The van der Waals surface area contributed by atoms with Crippen molar-refractivity contribution in [3.05, 3.63) is 34.3 Å². The number of amides is 1. The molecule has 3 nitrogen and oxygen atoms in total. The number of hydrogen-bond acceptors (Lipinski definition) is 2. The Kier molecular flexibility index (Phi) is 5.59. The predicted octanol–water partition coefficient (Wildman–Crippen LogP) is 5.11. The maximum atomic E-state index is 12.2. The molecule has 0 radical (unpaired) electrons. The van der Waals surface area contributed by atoms with Gasteiger partial charge in [0.25, 0.3) is 0 Å². The average molecular weight is 433 g/mol. The molecule has 122 valence electrons. The first kappa shape index (κ1) is 17.8. The lowest BCUT2D eigenvalue weighted by Crippen LogP contribution is -2.47. The van der Waals surface area contributed by atoms with Crippen LogP contribution in [0.5, 0.6) is 0 Å². The second-order valence-corrected chi connectivity index (χ2v) is 8.36. The molecular formula is C17H23Br2NO2. The van der Waals surface area contributed by atoms with Crippen molar-refractivity contribution in [2.45, 2.75) is 44.6 Å². The molecule has 0 aromatic heterocycles. The average Bonchev–Trinajstić information content (AvgIpc) is 2.46. The predicted molar refractivity (Wildman–Crippen MR) is 96.7 cm³/mol. The van der Waals surface area contributed by atoms with Gasteiger partial charge < -0.3 is 9.64 Å². The Morgan fingerprint density at radius 3 is 2.23 bits per heavy atom. The third-order valence-corrected chi connectivity index (χ3v) is 5.69. The Hall–Kier alpha value is -0.550. The Balaban J connectivity index is 2.05. The van der Waals surface area contributed by atoms with E-state index in [2.05, 4.69) is 56.1 Å². The van der Waals surface area contributed by atoms with Crippen molar-refractivity contribution in [3.8, 4) is 0 Å². The van der Waals surface area contributed by atoms with Gasteiger partial charge in [0.15, 0.2) is 0 Å². The summed E-state index contributed by atoms with van der Waals surface area (Å²) in [6, 6.07) is 8.52. The summed E-state index contributed by atoms with van der Waals surface area (Å²) in [5.41, 5.74) is 0.989. The van der Waals surface area contributed by atoms with Crippen molar-refractivity contribution in [3.63, 3.8) is 0 Å². The number of piperidine rings is 1. The molecule has 1 heterocycles. The number of carbonyl (C=O) groups is 1. The van der Waals surface area contributed by atoms with Crippen molar-refractivity contribution < 1.29 is 9.53 Å². The van der Waals surface area contributed by atoms with Gasteiger partial charge in [-0.15, -0.1) is 0 Å². The Labute approximate surface area is 149 Å². The van der Waals surface area contributed by atoms with Crippen molar-refractivity contribution >= 4 is 38.0 Å². The normalized spacial score (nSPS) is 18.1. The van der Waals surface area contributed by atoms with E-state index in [1.807, 2.05) is 25.7 Å². The zero-order chi connectivity index (χ0) is 16.4. The van der Waals surface area contributed by atoms with Crippen molar-refractivity contribution in [1.29, 1.82) is 0 Å². The van der Waals surface area contributed by atoms with Crippen molar-refractivity contribution in [1.82, 2.24) is 4.90 Å². The van der Waals surface area contributed by atoms with E-state index in [-0.39, 0.29) is 11.5 Å². The maximum absolute atomic E-state index is 12.2. The van der Waals surface area contributed by atoms with Crippen LogP contribution in [0.15, 0.2) is 28.7 Å². The molecule has 1 aromatic rings. The zero-order valence-electron chi connectivity index (χ0n) is 13.4. The van der Waals surface area contributed by atoms with E-state index in [1.54, 1.807) is 0 Å². The standard InChI is InChI=1S/C17H23Br2NO2/c1-16(2,3)22-15(21)20-10-8-17(12-18,9-11-20)13-4-6-14(19)7-5-13/h4-7H,8-12H2,1-3H3. The van der Waals surface area contributed by atoms with Gasteiger partial charge in [-0.25, -0.2) is 4.79 Å². The van der Waals surface area contributed by atoms with Gasteiger partial charge in [0, 0.05) is 28.3 Å². The number of benzene rings is 1. The molecule has 1 saturated heterocycles. The molecule has 5 heteroatoms. The Morgan fingerprint density at radius 2 is 1.77 bits per heavy atom. The molecule has 0 atom stereocenters. The molecule has 1 aromatic carbocycles. The fourth-order valence-corrected chi connectivity index (χ4v) is 3.90. The second-order valence-electron chi connectivity index (χ2n) is 6.89. The van der Waals surface area contributed by atoms with Crippen LogP contribution in [-0.4, -0.2) is 35.0 Å². The van der Waals surface area contributed by atoms with Gasteiger partial charge in [-0.1, -0.05) is 44.0 Å². The van der Waals surface area contributed by atoms with Crippen LogP contribution >= 0.6 is 31.9 Å². The smallest absolute Gasteiger partial charge is 0.410 e. The van der Waals surface area contributed by atoms with Crippen LogP contribution in [0, 0.1) is 0 Å². The first-order valence-electron chi connectivity index (χ1n) is 7.56. The maximum Gasteiger partial charge on any atom is 0.410 e. The molecule has 0 unspecified atom stereocenters. The molecule has 2 rings (SSSR count). The summed E-state index contributed by atoms with van der Waals surface area (Å²) in [5.74, 6) is 0. The SMILES string of the molecule is CC(C)(C)OC(=O)N1CCC(CBr)(c2ccc(Br)cc2)CC1. The number of halogens is 2. The number of alkyl halides is 1. The van der Waals surface area contributed by atoms with E-state index in [1.165, 1.54) is 5.56 Å². The molecule has 0 spiro atoms. The third kappa shape index (κ3) is 4.25. The number of likely N-dealkylation sites (tertiary alicyclic amines) is 1. The van der Waals surface area contributed by atoms with Crippen molar-refractivity contribution in [2.24, 2.45) is 0 Å². The molecule has 1 aliphatic heterocycles. The van der Waals surface area contributed by atoms with Crippen LogP contribution in [0.1, 0.15) is 39.2 Å². The summed E-state index contributed by atoms with van der Waals surface area (Å²) in [6.45, 7) is 7.17. The van der Waals surface area contributed by atoms with E-state index in [0.717, 1.165) is 35.7 Å². The summed E-state index contributed by atoms with van der Waals surface area (Å²) in [7, 11) is 0. The lowest BCUT2D eigenvalue weighted by molar-refractivity contribution is 0.0174. The summed E-state index contributed by atoms with van der Waals surface area (Å²) < 4.78 is 6.56. The molecular weight excluding hydrogens is 410 g/mol. The molecule has 0 aliphatic carbocycles. The highest BCUT2D eigenvalue weighted by Crippen LogP contribution is 2.38. The van der Waals surface area contributed by atoms with Crippen LogP contribution in [0.4, 0.5) is 4.79 Å². The zero-order valence-corrected chi connectivity index (χ0v) is 16.5. The van der Waals surface area contributed by atoms with Crippen LogP contribution in [0.3, 0.4) is 0 Å². The molecule has 0 N–H and O–H groups in total. The topological polar surface area (TPSA) is 29.5 Å². The van der Waals surface area contributed by atoms with E-state index in [4.69, 9.17) is 4.74 Å². The Morgan fingerprint density at radius 1 is 1.23 bits per heavy atom. The molecule has 22 heavy (non-hydrogen) atoms. The van der Waals surface area contributed by atoms with Gasteiger partial charge in [-0.3, -0.25) is 0 Å². The van der Waals surface area contributed by atoms with Crippen LogP contribution in [-0.2, 0) is 10.2 Å². The molecule has 1 aliphatic rings. The number of rotatable bonds is 2. The lowest BCUT2D eigenvalue weighted by atomic mass is 9.74. The highest BCUT2D eigenvalue weighted by atomic mass is 79.9. The van der Waals surface area contributed by atoms with Gasteiger partial charge >= 0.3 is 6.09 Å². The fraction of sp³-hybridized carbons (Fsp3) is 0.588. The minimum Gasteiger partial charge on any atom is -0.444 e. The second kappa shape index (κ2) is 6.91. The number of carbonyl (C=O) groups excluding carboxylic acids is 1. The molecule has 1 fully saturated rings. The van der Waals surface area contributed by atoms with Crippen LogP contribution in [0.2, 0.25) is 0 Å². The first-order valence-corrected chi connectivity index (χ1v) is 9.47. The van der Waals surface area contributed by atoms with Crippen LogP contribution in [0.25, 0.3) is 0 Å². The number of hydrogen-bond donors (Lipinski definition) is 0. The van der Waals surface area contributed by atoms with Gasteiger partial charge in [-0.2, -0.15) is 0 Å². The fourth-order valence-electron chi connectivity index (χ4n) is 2.75. The van der Waals surface area contributed by atoms with Gasteiger partial charge in [0.1, 0.15) is 5.60 Å². The highest BCUT2D eigenvalue weighted by Gasteiger charge is 2.37. The lowest BCUT2D eigenvalue weighted by Gasteiger charge is -2.41. The minimum atomic E-state index is -0.438. The number of ether oxygens (including phenoxy) is 1. The summed E-state index contributed by atoms with van der Waals surface area (Å²) in [5, 5.41) is 0.907. The molecule has 1 amide bonds. The Bertz CT molecular complexity index is 514. The van der Waals surface area contributed by atoms with E-state index < -0.39 is 5.60 Å². The third-order valence-electron chi connectivity index (χ3n) is 4.08. The number of nitrogens with zero attached hydrogens (tertiary/aromatic N) is 1. The highest BCUT2D eigenvalue weighted by molar-refractivity contribution is 9.10. The van der Waals surface area contributed by atoms with Crippen molar-refractivity contribution in [2.75, 3.05) is 18.4 Å². The van der Waals surface area contributed by atoms with Gasteiger partial charge in [0.05, 0.1) is 0 Å². The monoisotopic (exact) mass is 431 g/mol.